The smallest absolute Gasteiger partial charge is 0.228 e. The maximum atomic E-state index is 12.8. The average molecular weight is 340 g/mol. The summed E-state index contributed by atoms with van der Waals surface area (Å²) < 4.78 is 5.57. The summed E-state index contributed by atoms with van der Waals surface area (Å²) in [7, 11) is 0. The molecule has 0 saturated carbocycles. The standard InChI is InChI=1S/C19H24N4O2/c1-13-16(9-11-25-13)19(24)23-10-5-8-15(12-23)18-20-17(21-22-18)14-6-3-2-4-7-14/h2-4,6-7,13,15-16H,5,8-12H2,1H3,(H,20,21,22)/t13-,15-,16-/m0/s1. The van der Waals surface area contributed by atoms with Crippen molar-refractivity contribution in [2.75, 3.05) is 19.7 Å². The van der Waals surface area contributed by atoms with Gasteiger partial charge in [0.05, 0.1) is 12.0 Å². The summed E-state index contributed by atoms with van der Waals surface area (Å²) >= 11 is 0. The summed E-state index contributed by atoms with van der Waals surface area (Å²) in [5, 5.41) is 7.45. The number of rotatable bonds is 3. The Bertz CT molecular complexity index is 730. The van der Waals surface area contributed by atoms with E-state index in [-0.39, 0.29) is 23.8 Å². The lowest BCUT2D eigenvalue weighted by molar-refractivity contribution is -0.138. The molecule has 1 amide bonds. The Morgan fingerprint density at radius 3 is 2.88 bits per heavy atom. The highest BCUT2D eigenvalue weighted by molar-refractivity contribution is 5.79. The lowest BCUT2D eigenvalue weighted by Crippen LogP contribution is -2.44. The number of ether oxygens (including phenoxy) is 1. The molecule has 4 rings (SSSR count). The van der Waals surface area contributed by atoms with E-state index in [0.29, 0.717) is 13.2 Å². The average Bonchev–Trinajstić information content (AvgIpc) is 3.31. The van der Waals surface area contributed by atoms with Crippen molar-refractivity contribution in [1.82, 2.24) is 20.1 Å². The molecule has 25 heavy (non-hydrogen) atoms. The predicted octanol–water partition coefficient (Wildman–Crippen LogP) is 2.60. The Hall–Kier alpha value is -2.21. The van der Waals surface area contributed by atoms with Gasteiger partial charge in [-0.1, -0.05) is 30.3 Å². The number of nitrogens with one attached hydrogen (secondary N) is 1. The molecule has 0 aliphatic carbocycles. The van der Waals surface area contributed by atoms with E-state index in [1.165, 1.54) is 0 Å². The van der Waals surface area contributed by atoms with Gasteiger partial charge in [0.2, 0.25) is 5.91 Å². The Morgan fingerprint density at radius 2 is 2.12 bits per heavy atom. The molecule has 2 aromatic rings. The van der Waals surface area contributed by atoms with Gasteiger partial charge in [-0.15, -0.1) is 0 Å². The molecule has 0 unspecified atom stereocenters. The lowest BCUT2D eigenvalue weighted by atomic mass is 9.94. The highest BCUT2D eigenvalue weighted by atomic mass is 16.5. The van der Waals surface area contributed by atoms with Gasteiger partial charge in [0, 0.05) is 31.2 Å². The van der Waals surface area contributed by atoms with E-state index in [9.17, 15) is 4.79 Å². The van der Waals surface area contributed by atoms with Crippen molar-refractivity contribution in [1.29, 1.82) is 0 Å². The van der Waals surface area contributed by atoms with E-state index in [2.05, 4.69) is 15.2 Å². The third-order valence-electron chi connectivity index (χ3n) is 5.35. The maximum Gasteiger partial charge on any atom is 0.228 e. The van der Waals surface area contributed by atoms with Gasteiger partial charge in [0.25, 0.3) is 0 Å². The molecule has 2 fully saturated rings. The van der Waals surface area contributed by atoms with Crippen molar-refractivity contribution in [2.45, 2.75) is 38.2 Å². The number of likely N-dealkylation sites (tertiary alicyclic amines) is 1. The number of hydrogen-bond acceptors (Lipinski definition) is 4. The van der Waals surface area contributed by atoms with Crippen molar-refractivity contribution in [3.05, 3.63) is 36.2 Å². The summed E-state index contributed by atoms with van der Waals surface area (Å²) in [6.07, 6.45) is 2.90. The van der Waals surface area contributed by atoms with Crippen LogP contribution in [-0.2, 0) is 9.53 Å². The molecule has 2 saturated heterocycles. The predicted molar refractivity (Wildman–Crippen MR) is 93.9 cm³/mol. The van der Waals surface area contributed by atoms with E-state index in [1.807, 2.05) is 42.2 Å². The monoisotopic (exact) mass is 340 g/mol. The molecule has 6 heteroatoms. The molecule has 2 aliphatic heterocycles. The third-order valence-corrected chi connectivity index (χ3v) is 5.35. The van der Waals surface area contributed by atoms with Crippen molar-refractivity contribution >= 4 is 5.91 Å². The number of carbonyl (C=O) groups excluding carboxylic acids is 1. The van der Waals surface area contributed by atoms with Crippen LogP contribution in [0.5, 0.6) is 0 Å². The number of aromatic nitrogens is 3. The van der Waals surface area contributed by atoms with E-state index in [4.69, 9.17) is 4.74 Å². The van der Waals surface area contributed by atoms with Gasteiger partial charge in [0.15, 0.2) is 5.82 Å². The number of benzene rings is 1. The molecule has 2 aliphatic rings. The summed E-state index contributed by atoms with van der Waals surface area (Å²) in [4.78, 5) is 19.5. The maximum absolute atomic E-state index is 12.8. The minimum Gasteiger partial charge on any atom is -0.378 e. The first-order chi connectivity index (χ1) is 12.2. The lowest BCUT2D eigenvalue weighted by Gasteiger charge is -2.33. The van der Waals surface area contributed by atoms with Gasteiger partial charge >= 0.3 is 0 Å². The van der Waals surface area contributed by atoms with Crippen LogP contribution in [0.25, 0.3) is 11.4 Å². The van der Waals surface area contributed by atoms with Crippen LogP contribution in [0.2, 0.25) is 0 Å². The molecule has 132 valence electrons. The molecular formula is C19H24N4O2. The van der Waals surface area contributed by atoms with E-state index >= 15 is 0 Å². The van der Waals surface area contributed by atoms with Crippen molar-refractivity contribution in [3.63, 3.8) is 0 Å². The molecule has 0 spiro atoms. The van der Waals surface area contributed by atoms with Crippen LogP contribution in [0.15, 0.2) is 30.3 Å². The van der Waals surface area contributed by atoms with E-state index in [1.54, 1.807) is 0 Å². The Kier molecular flexibility index (Phi) is 4.53. The fourth-order valence-corrected chi connectivity index (χ4v) is 3.86. The fourth-order valence-electron chi connectivity index (χ4n) is 3.86. The summed E-state index contributed by atoms with van der Waals surface area (Å²) in [5.41, 5.74) is 1.01. The van der Waals surface area contributed by atoms with Crippen LogP contribution in [0.1, 0.15) is 37.9 Å². The van der Waals surface area contributed by atoms with Gasteiger partial charge in [0.1, 0.15) is 5.82 Å². The minimum absolute atomic E-state index is 0.00774. The van der Waals surface area contributed by atoms with Gasteiger partial charge in [-0.05, 0) is 26.2 Å². The number of nitrogens with zero attached hydrogens (tertiary/aromatic N) is 3. The largest absolute Gasteiger partial charge is 0.378 e. The molecule has 1 aromatic carbocycles. The van der Waals surface area contributed by atoms with Crippen molar-refractivity contribution in [3.8, 4) is 11.4 Å². The second-order valence-corrected chi connectivity index (χ2v) is 7.00. The SMILES string of the molecule is C[C@@H]1OCC[C@@H]1C(=O)N1CCC[C@H](c2nc(-c3ccccc3)n[nH]2)C1. The quantitative estimate of drug-likeness (QED) is 0.932. The normalized spacial score (nSPS) is 26.8. The number of amides is 1. The first kappa shape index (κ1) is 16.3. The molecule has 0 bridgehead atoms. The van der Waals surface area contributed by atoms with E-state index < -0.39 is 0 Å². The zero-order valence-corrected chi connectivity index (χ0v) is 14.5. The number of piperidine rings is 1. The number of aromatic amines is 1. The Morgan fingerprint density at radius 1 is 1.28 bits per heavy atom. The second kappa shape index (κ2) is 6.96. The highest BCUT2D eigenvalue weighted by Gasteiger charge is 2.36. The van der Waals surface area contributed by atoms with Crippen LogP contribution in [0.4, 0.5) is 0 Å². The number of H-pyrrole nitrogens is 1. The molecular weight excluding hydrogens is 316 g/mol. The van der Waals surface area contributed by atoms with Crippen LogP contribution < -0.4 is 0 Å². The molecule has 1 N–H and O–H groups in total. The molecule has 3 heterocycles. The van der Waals surface area contributed by atoms with Gasteiger partial charge in [-0.3, -0.25) is 9.89 Å². The van der Waals surface area contributed by atoms with Crippen LogP contribution >= 0.6 is 0 Å². The first-order valence-corrected chi connectivity index (χ1v) is 9.10. The Balaban J connectivity index is 1.46. The van der Waals surface area contributed by atoms with E-state index in [0.717, 1.165) is 43.0 Å². The van der Waals surface area contributed by atoms with Gasteiger partial charge < -0.3 is 9.64 Å². The molecule has 1 aromatic heterocycles. The second-order valence-electron chi connectivity index (χ2n) is 7.00. The van der Waals surface area contributed by atoms with Gasteiger partial charge in [-0.25, -0.2) is 4.98 Å². The highest BCUT2D eigenvalue weighted by Crippen LogP contribution is 2.29. The molecule has 0 radical (unpaired) electrons. The zero-order valence-electron chi connectivity index (χ0n) is 14.5. The number of carbonyl (C=O) groups is 1. The van der Waals surface area contributed by atoms with Crippen LogP contribution in [0.3, 0.4) is 0 Å². The minimum atomic E-state index is 0.00774. The Labute approximate surface area is 147 Å². The third kappa shape index (κ3) is 3.31. The molecule has 3 atom stereocenters. The first-order valence-electron chi connectivity index (χ1n) is 9.10. The fraction of sp³-hybridized carbons (Fsp3) is 0.526. The van der Waals surface area contributed by atoms with Crippen LogP contribution in [0, 0.1) is 5.92 Å². The zero-order chi connectivity index (χ0) is 17.2. The number of hydrogen-bond donors (Lipinski definition) is 1. The van der Waals surface area contributed by atoms with Crippen LogP contribution in [-0.4, -0.2) is 51.8 Å². The summed E-state index contributed by atoms with van der Waals surface area (Å²) in [5.74, 6) is 2.06. The topological polar surface area (TPSA) is 71.1 Å². The summed E-state index contributed by atoms with van der Waals surface area (Å²) in [6, 6.07) is 9.96. The van der Waals surface area contributed by atoms with Crippen molar-refractivity contribution in [2.24, 2.45) is 5.92 Å². The van der Waals surface area contributed by atoms with Gasteiger partial charge in [-0.2, -0.15) is 5.10 Å². The molecule has 6 nitrogen and oxygen atoms in total. The van der Waals surface area contributed by atoms with Crippen molar-refractivity contribution < 1.29 is 9.53 Å². The summed E-state index contributed by atoms with van der Waals surface area (Å²) in [6.45, 7) is 4.24.